The fourth-order valence-electron chi connectivity index (χ4n) is 2.00. The van der Waals surface area contributed by atoms with Crippen LogP contribution in [0, 0.1) is 10.1 Å². The number of hydrogen-bond acceptors (Lipinski definition) is 5. The second kappa shape index (κ2) is 7.83. The number of rotatable bonds is 6. The number of para-hydroxylation sites is 1. The van der Waals surface area contributed by atoms with E-state index in [1.807, 2.05) is 0 Å². The molecular weight excluding hydrogens is 370 g/mol. The summed E-state index contributed by atoms with van der Waals surface area (Å²) in [6, 6.07) is 10.2. The monoisotopic (exact) mass is 382 g/mol. The second-order valence-electron chi connectivity index (χ2n) is 4.98. The summed E-state index contributed by atoms with van der Waals surface area (Å²) in [5.41, 5.74) is -0.0924. The minimum atomic E-state index is -4.88. The molecule has 26 heavy (non-hydrogen) atoms. The van der Waals surface area contributed by atoms with Gasteiger partial charge in [-0.25, -0.2) is 8.42 Å². The summed E-state index contributed by atoms with van der Waals surface area (Å²) in [4.78, 5) is 21.3. The van der Waals surface area contributed by atoms with E-state index in [-0.39, 0.29) is 11.4 Å². The smallest absolute Gasteiger partial charge is 0.321 e. The van der Waals surface area contributed by atoms with Gasteiger partial charge in [0.15, 0.2) is 0 Å². The molecule has 0 aliphatic heterocycles. The molecule has 136 valence electrons. The number of alkyl halides is 2. The first-order valence-corrected chi connectivity index (χ1v) is 8.61. The van der Waals surface area contributed by atoms with Gasteiger partial charge in [0.2, 0.25) is 15.7 Å². The van der Waals surface area contributed by atoms with Crippen LogP contribution in [-0.2, 0) is 14.6 Å². The van der Waals surface area contributed by atoms with Gasteiger partial charge in [-0.1, -0.05) is 24.3 Å². The third-order valence-electron chi connectivity index (χ3n) is 3.19. The highest BCUT2D eigenvalue weighted by Crippen LogP contribution is 2.26. The summed E-state index contributed by atoms with van der Waals surface area (Å²) < 4.78 is 48.7. The molecule has 1 amide bonds. The zero-order chi connectivity index (χ0) is 19.3. The van der Waals surface area contributed by atoms with Crippen molar-refractivity contribution in [3.8, 4) is 0 Å². The number of nitrogens with zero attached hydrogens (tertiary/aromatic N) is 1. The average molecular weight is 382 g/mol. The molecule has 0 bridgehead atoms. The van der Waals surface area contributed by atoms with Gasteiger partial charge in [0, 0.05) is 18.2 Å². The molecule has 10 heteroatoms. The van der Waals surface area contributed by atoms with Gasteiger partial charge in [-0.15, -0.1) is 0 Å². The quantitative estimate of drug-likeness (QED) is 0.469. The molecule has 0 aromatic heterocycles. The van der Waals surface area contributed by atoms with Gasteiger partial charge in [0.25, 0.3) is 5.69 Å². The molecule has 0 aliphatic rings. The predicted octanol–water partition coefficient (Wildman–Crippen LogP) is 3.24. The minimum absolute atomic E-state index is 0.166. The van der Waals surface area contributed by atoms with Crippen molar-refractivity contribution in [2.75, 3.05) is 5.32 Å². The average Bonchev–Trinajstić information content (AvgIpc) is 2.60. The highest BCUT2D eigenvalue weighted by molar-refractivity contribution is 7.91. The fraction of sp³-hybridized carbons (Fsp3) is 0.0625. The SMILES string of the molecule is O=C(/C=C/c1cccc([N+](=O)[O-])c1)Nc1ccccc1S(=O)(=O)C(F)F. The molecular formula is C16H12F2N2O5S. The van der Waals surface area contributed by atoms with E-state index in [0.29, 0.717) is 5.56 Å². The zero-order valence-corrected chi connectivity index (χ0v) is 13.8. The summed E-state index contributed by atoms with van der Waals surface area (Å²) in [5, 5.41) is 12.9. The first kappa shape index (κ1) is 19.2. The Morgan fingerprint density at radius 1 is 1.15 bits per heavy atom. The Morgan fingerprint density at radius 3 is 2.50 bits per heavy atom. The van der Waals surface area contributed by atoms with Gasteiger partial charge in [0.1, 0.15) is 0 Å². The van der Waals surface area contributed by atoms with Crippen molar-refractivity contribution in [1.29, 1.82) is 0 Å². The molecule has 0 spiro atoms. The van der Waals surface area contributed by atoms with Gasteiger partial charge >= 0.3 is 5.76 Å². The lowest BCUT2D eigenvalue weighted by Crippen LogP contribution is -2.16. The van der Waals surface area contributed by atoms with Gasteiger partial charge in [-0.05, 0) is 23.8 Å². The lowest BCUT2D eigenvalue weighted by atomic mass is 10.2. The van der Waals surface area contributed by atoms with Gasteiger partial charge in [0.05, 0.1) is 15.5 Å². The van der Waals surface area contributed by atoms with E-state index < -0.39 is 31.3 Å². The van der Waals surface area contributed by atoms with Crippen LogP contribution in [0.2, 0.25) is 0 Å². The van der Waals surface area contributed by atoms with E-state index in [1.165, 1.54) is 48.5 Å². The Kier molecular flexibility index (Phi) is 5.78. The van der Waals surface area contributed by atoms with E-state index in [1.54, 1.807) is 0 Å². The Morgan fingerprint density at radius 2 is 1.85 bits per heavy atom. The lowest BCUT2D eigenvalue weighted by Gasteiger charge is -2.09. The lowest BCUT2D eigenvalue weighted by molar-refractivity contribution is -0.384. The second-order valence-corrected chi connectivity index (χ2v) is 6.86. The van der Waals surface area contributed by atoms with Crippen molar-refractivity contribution >= 4 is 33.2 Å². The van der Waals surface area contributed by atoms with Crippen molar-refractivity contribution < 1.29 is 26.9 Å². The number of nitro benzene ring substituents is 1. The van der Waals surface area contributed by atoms with Crippen LogP contribution < -0.4 is 5.32 Å². The first-order valence-electron chi connectivity index (χ1n) is 7.06. The van der Waals surface area contributed by atoms with Crippen molar-refractivity contribution in [2.45, 2.75) is 10.7 Å². The topological polar surface area (TPSA) is 106 Å². The molecule has 0 saturated heterocycles. The molecule has 0 atom stereocenters. The molecule has 0 saturated carbocycles. The van der Waals surface area contributed by atoms with Gasteiger partial charge in [-0.3, -0.25) is 14.9 Å². The normalized spacial score (nSPS) is 11.7. The number of hydrogen-bond donors (Lipinski definition) is 1. The van der Waals surface area contributed by atoms with Gasteiger partial charge in [-0.2, -0.15) is 8.78 Å². The molecule has 0 unspecified atom stereocenters. The molecule has 0 fully saturated rings. The van der Waals surface area contributed by atoms with Crippen LogP contribution in [0.4, 0.5) is 20.2 Å². The van der Waals surface area contributed by atoms with Crippen LogP contribution in [-0.4, -0.2) is 25.0 Å². The largest absolute Gasteiger partial charge is 0.341 e. The van der Waals surface area contributed by atoms with E-state index in [2.05, 4.69) is 5.32 Å². The molecule has 2 aromatic rings. The van der Waals surface area contributed by atoms with E-state index in [9.17, 15) is 32.1 Å². The summed E-state index contributed by atoms with van der Waals surface area (Å²) in [6.07, 6.45) is 2.28. The molecule has 2 aromatic carbocycles. The summed E-state index contributed by atoms with van der Waals surface area (Å²) >= 11 is 0. The third kappa shape index (κ3) is 4.48. The maximum absolute atomic E-state index is 12.7. The third-order valence-corrected chi connectivity index (χ3v) is 4.63. The first-order chi connectivity index (χ1) is 12.2. The fourth-order valence-corrected chi connectivity index (χ4v) is 2.89. The number of sulfone groups is 1. The number of carbonyl (C=O) groups is 1. The van der Waals surface area contributed by atoms with Crippen molar-refractivity contribution in [3.05, 3.63) is 70.3 Å². The molecule has 0 heterocycles. The number of nitro groups is 1. The van der Waals surface area contributed by atoms with E-state index >= 15 is 0 Å². The number of anilines is 1. The molecule has 2 rings (SSSR count). The number of carbonyl (C=O) groups excluding carboxylic acids is 1. The zero-order valence-electron chi connectivity index (χ0n) is 13.0. The van der Waals surface area contributed by atoms with Gasteiger partial charge < -0.3 is 5.32 Å². The Bertz CT molecular complexity index is 974. The van der Waals surface area contributed by atoms with E-state index in [4.69, 9.17) is 0 Å². The summed E-state index contributed by atoms with van der Waals surface area (Å²) in [6.45, 7) is 0. The summed E-state index contributed by atoms with van der Waals surface area (Å²) in [7, 11) is -4.88. The molecule has 0 radical (unpaired) electrons. The van der Waals surface area contributed by atoms with Crippen LogP contribution in [0.1, 0.15) is 5.56 Å². The molecule has 7 nitrogen and oxygen atoms in total. The number of non-ortho nitro benzene ring substituents is 1. The van der Waals surface area contributed by atoms with Crippen molar-refractivity contribution in [3.63, 3.8) is 0 Å². The molecule has 1 N–H and O–H groups in total. The summed E-state index contributed by atoms with van der Waals surface area (Å²) in [5.74, 6) is -4.41. The van der Waals surface area contributed by atoms with Crippen molar-refractivity contribution in [1.82, 2.24) is 0 Å². The van der Waals surface area contributed by atoms with Crippen molar-refractivity contribution in [2.24, 2.45) is 0 Å². The predicted molar refractivity (Wildman–Crippen MR) is 90.4 cm³/mol. The van der Waals surface area contributed by atoms with Crippen LogP contribution in [0.5, 0.6) is 0 Å². The Balaban J connectivity index is 2.21. The Labute approximate surface area is 147 Å². The minimum Gasteiger partial charge on any atom is -0.321 e. The van der Waals surface area contributed by atoms with Crippen LogP contribution in [0.15, 0.2) is 59.5 Å². The van der Waals surface area contributed by atoms with Crippen LogP contribution in [0.25, 0.3) is 6.08 Å². The number of benzene rings is 2. The standard InChI is InChI=1S/C16H12F2N2O5S/c17-16(18)26(24,25)14-7-2-1-6-13(14)19-15(21)9-8-11-4-3-5-12(10-11)20(22)23/h1-10,16H,(H,19,21)/b9-8+. The molecule has 0 aliphatic carbocycles. The highest BCUT2D eigenvalue weighted by atomic mass is 32.2. The number of amides is 1. The van der Waals surface area contributed by atoms with E-state index in [0.717, 1.165) is 12.1 Å². The number of halogens is 2. The number of nitrogens with one attached hydrogen (secondary N) is 1. The maximum atomic E-state index is 12.7. The Hall–Kier alpha value is -3.14. The van der Waals surface area contributed by atoms with Crippen LogP contribution >= 0.6 is 0 Å². The van der Waals surface area contributed by atoms with Crippen LogP contribution in [0.3, 0.4) is 0 Å². The maximum Gasteiger partial charge on any atom is 0.341 e. The highest BCUT2D eigenvalue weighted by Gasteiger charge is 2.29.